The van der Waals surface area contributed by atoms with Crippen molar-refractivity contribution in [2.24, 2.45) is 5.73 Å². The first kappa shape index (κ1) is 31.1. The second-order valence-electron chi connectivity index (χ2n) is 12.0. The van der Waals surface area contributed by atoms with Crippen molar-refractivity contribution in [2.45, 2.75) is 67.5 Å². The largest absolute Gasteiger partial charge is 0.490 e. The fourth-order valence-corrected chi connectivity index (χ4v) is 7.37. The van der Waals surface area contributed by atoms with Gasteiger partial charge in [0.1, 0.15) is 5.75 Å². The van der Waals surface area contributed by atoms with Crippen LogP contribution < -0.4 is 15.2 Å². The number of sulfonamides is 1. The number of halogens is 2. The number of likely N-dealkylation sites (tertiary alicyclic amines) is 1. The molecule has 1 saturated carbocycles. The molecule has 236 valence electrons. The highest BCUT2D eigenvalue weighted by Crippen LogP contribution is 2.37. The number of nitrogens with zero attached hydrogens (tertiary/aromatic N) is 1. The highest BCUT2D eigenvalue weighted by atomic mass is 32.2. The Labute approximate surface area is 262 Å². The molecular formula is C35H37F2N3O4S. The molecule has 3 N–H and O–H groups in total. The van der Waals surface area contributed by atoms with E-state index in [0.29, 0.717) is 29.5 Å². The van der Waals surface area contributed by atoms with Crippen LogP contribution in [0.25, 0.3) is 21.9 Å². The highest BCUT2D eigenvalue weighted by molar-refractivity contribution is 7.89. The molecule has 4 aromatic carbocycles. The Balaban J connectivity index is 1.31. The van der Waals surface area contributed by atoms with Gasteiger partial charge < -0.3 is 15.4 Å². The van der Waals surface area contributed by atoms with E-state index in [9.17, 15) is 13.2 Å². The molecular weight excluding hydrogens is 596 g/mol. The van der Waals surface area contributed by atoms with E-state index in [2.05, 4.69) is 4.72 Å². The number of fused-ring (bicyclic) bond motifs is 1. The fraction of sp³-hybridized carbons (Fsp3) is 0.343. The van der Waals surface area contributed by atoms with Gasteiger partial charge in [0.15, 0.2) is 6.04 Å². The molecule has 1 amide bonds. The van der Waals surface area contributed by atoms with E-state index in [1.54, 1.807) is 48.5 Å². The SMILES string of the molecule is NC1CCN(C(=O)C(NS(=O)(=O)c2ccc3cc(OC4CCCC4)ccc3c2)C(F)(F)c2cccc(-c3ccccc3)c2)CC1. The third-order valence-electron chi connectivity index (χ3n) is 8.79. The van der Waals surface area contributed by atoms with Crippen LogP contribution in [0.5, 0.6) is 5.75 Å². The van der Waals surface area contributed by atoms with Crippen LogP contribution in [0.15, 0.2) is 95.9 Å². The quantitative estimate of drug-likeness (QED) is 0.228. The number of amides is 1. The smallest absolute Gasteiger partial charge is 0.298 e. The first-order valence-electron chi connectivity index (χ1n) is 15.4. The number of carbonyl (C=O) groups excluding carboxylic acids is 1. The van der Waals surface area contributed by atoms with E-state index in [0.717, 1.165) is 36.6 Å². The standard InChI is InChI=1S/C35H37F2N3O4S/c36-35(37,28-10-6-9-25(21-28)24-7-2-1-3-8-24)33(34(41)40-19-17-29(38)18-20-40)39-45(42,43)32-16-14-26-22-31(15-13-27(26)23-32)44-30-11-4-5-12-30/h1-3,6-10,13-16,21-23,29-30,33,39H,4-5,11-12,17-20,38H2. The van der Waals surface area contributed by atoms with Crippen LogP contribution >= 0.6 is 0 Å². The van der Waals surface area contributed by atoms with Crippen LogP contribution in [-0.4, -0.2) is 50.5 Å². The van der Waals surface area contributed by atoms with E-state index in [-0.39, 0.29) is 30.1 Å². The molecule has 4 aromatic rings. The average molecular weight is 634 g/mol. The summed E-state index contributed by atoms with van der Waals surface area (Å²) in [5, 5.41) is 1.36. The summed E-state index contributed by atoms with van der Waals surface area (Å²) in [5.41, 5.74) is 6.77. The Bertz CT molecular complexity index is 1770. The van der Waals surface area contributed by atoms with Gasteiger partial charge >= 0.3 is 0 Å². The molecule has 0 radical (unpaired) electrons. The van der Waals surface area contributed by atoms with Crippen molar-refractivity contribution in [1.82, 2.24) is 9.62 Å². The summed E-state index contributed by atoms with van der Waals surface area (Å²) in [6.07, 6.45) is 5.34. The lowest BCUT2D eigenvalue weighted by Gasteiger charge is -2.35. The van der Waals surface area contributed by atoms with Crippen molar-refractivity contribution in [3.05, 3.63) is 96.6 Å². The van der Waals surface area contributed by atoms with E-state index < -0.39 is 33.5 Å². The van der Waals surface area contributed by atoms with Gasteiger partial charge in [-0.2, -0.15) is 13.5 Å². The van der Waals surface area contributed by atoms with Gasteiger partial charge in [-0.05, 0) is 90.8 Å². The van der Waals surface area contributed by atoms with Gasteiger partial charge in [-0.15, -0.1) is 0 Å². The summed E-state index contributed by atoms with van der Waals surface area (Å²) in [5.74, 6) is -4.17. The summed E-state index contributed by atoms with van der Waals surface area (Å²) < 4.78 is 68.6. The molecule has 1 unspecified atom stereocenters. The second kappa shape index (κ2) is 12.9. The second-order valence-corrected chi connectivity index (χ2v) is 13.7. The van der Waals surface area contributed by atoms with E-state index in [4.69, 9.17) is 10.5 Å². The molecule has 1 aliphatic carbocycles. The van der Waals surface area contributed by atoms with Crippen molar-refractivity contribution in [1.29, 1.82) is 0 Å². The van der Waals surface area contributed by atoms with Crippen molar-refractivity contribution >= 4 is 26.7 Å². The van der Waals surface area contributed by atoms with Crippen molar-refractivity contribution in [3.63, 3.8) is 0 Å². The fourth-order valence-electron chi connectivity index (χ4n) is 6.15. The molecule has 0 aromatic heterocycles. The molecule has 1 heterocycles. The number of hydrogen-bond donors (Lipinski definition) is 2. The number of ether oxygens (including phenoxy) is 1. The molecule has 6 rings (SSSR count). The lowest BCUT2D eigenvalue weighted by Crippen LogP contribution is -2.58. The third-order valence-corrected chi connectivity index (χ3v) is 10.2. The Hall–Kier alpha value is -3.86. The lowest BCUT2D eigenvalue weighted by atomic mass is 9.95. The topological polar surface area (TPSA) is 102 Å². The number of alkyl halides is 2. The number of carbonyl (C=O) groups is 1. The van der Waals surface area contributed by atoms with Crippen LogP contribution in [0.2, 0.25) is 0 Å². The molecule has 7 nitrogen and oxygen atoms in total. The van der Waals surface area contributed by atoms with Crippen molar-refractivity contribution < 1.29 is 26.7 Å². The molecule has 0 bridgehead atoms. The minimum absolute atomic E-state index is 0.145. The van der Waals surface area contributed by atoms with E-state index in [1.165, 1.54) is 35.2 Å². The lowest BCUT2D eigenvalue weighted by molar-refractivity contribution is -0.145. The Morgan fingerprint density at radius 2 is 1.51 bits per heavy atom. The van der Waals surface area contributed by atoms with Gasteiger partial charge in [-0.1, -0.05) is 60.7 Å². The monoisotopic (exact) mass is 633 g/mol. The number of benzene rings is 4. The van der Waals surface area contributed by atoms with Gasteiger partial charge in [0.25, 0.3) is 5.92 Å². The van der Waals surface area contributed by atoms with Gasteiger partial charge in [-0.3, -0.25) is 4.79 Å². The minimum atomic E-state index is -4.56. The first-order chi connectivity index (χ1) is 21.6. The highest BCUT2D eigenvalue weighted by Gasteiger charge is 2.50. The van der Waals surface area contributed by atoms with Crippen LogP contribution in [0.3, 0.4) is 0 Å². The molecule has 2 aliphatic rings. The zero-order valence-electron chi connectivity index (χ0n) is 24.9. The number of piperidine rings is 1. The van der Waals surface area contributed by atoms with Crippen LogP contribution in [-0.2, 0) is 20.7 Å². The van der Waals surface area contributed by atoms with Gasteiger partial charge in [-0.25, -0.2) is 8.42 Å². The Kier molecular flexibility index (Phi) is 8.90. The van der Waals surface area contributed by atoms with E-state index >= 15 is 8.78 Å². The zero-order valence-corrected chi connectivity index (χ0v) is 25.7. The van der Waals surface area contributed by atoms with Gasteiger partial charge in [0.05, 0.1) is 11.0 Å². The Morgan fingerprint density at radius 1 is 0.844 bits per heavy atom. The minimum Gasteiger partial charge on any atom is -0.490 e. The van der Waals surface area contributed by atoms with Crippen LogP contribution in [0.4, 0.5) is 8.78 Å². The number of nitrogens with one attached hydrogen (secondary N) is 1. The predicted octanol–water partition coefficient (Wildman–Crippen LogP) is 6.22. The molecule has 1 saturated heterocycles. The maximum absolute atomic E-state index is 16.5. The maximum atomic E-state index is 16.5. The van der Waals surface area contributed by atoms with E-state index in [1.807, 2.05) is 12.1 Å². The molecule has 10 heteroatoms. The Morgan fingerprint density at radius 3 is 2.24 bits per heavy atom. The number of rotatable bonds is 9. The van der Waals surface area contributed by atoms with Crippen molar-refractivity contribution in [2.75, 3.05) is 13.1 Å². The normalized spacial score (nSPS) is 17.4. The predicted molar refractivity (Wildman–Crippen MR) is 171 cm³/mol. The summed E-state index contributed by atoms with van der Waals surface area (Å²) in [7, 11) is -4.56. The molecule has 1 atom stereocenters. The van der Waals surface area contributed by atoms with Gasteiger partial charge in [0, 0.05) is 24.7 Å². The molecule has 45 heavy (non-hydrogen) atoms. The summed E-state index contributed by atoms with van der Waals surface area (Å²) >= 11 is 0. The summed E-state index contributed by atoms with van der Waals surface area (Å²) in [6, 6.07) is 22.0. The summed E-state index contributed by atoms with van der Waals surface area (Å²) in [6.45, 7) is 0.333. The molecule has 1 aliphatic heterocycles. The number of hydrogen-bond acceptors (Lipinski definition) is 5. The summed E-state index contributed by atoms with van der Waals surface area (Å²) in [4.78, 5) is 14.8. The molecule has 2 fully saturated rings. The van der Waals surface area contributed by atoms with Crippen molar-refractivity contribution in [3.8, 4) is 16.9 Å². The average Bonchev–Trinajstić information content (AvgIpc) is 3.57. The van der Waals surface area contributed by atoms with Crippen LogP contribution in [0.1, 0.15) is 44.1 Å². The van der Waals surface area contributed by atoms with Gasteiger partial charge in [0.2, 0.25) is 15.9 Å². The molecule has 0 spiro atoms. The third kappa shape index (κ3) is 6.88. The number of nitrogens with two attached hydrogens (primary N) is 1. The van der Waals surface area contributed by atoms with Crippen LogP contribution in [0, 0.1) is 0 Å². The first-order valence-corrected chi connectivity index (χ1v) is 16.9. The maximum Gasteiger partial charge on any atom is 0.298 e. The zero-order chi connectivity index (χ0) is 31.6.